The number of nitrogens with two attached hydrogens (primary N) is 1. The minimum absolute atomic E-state index is 0. The molecule has 0 fully saturated rings. The molecule has 1 atom stereocenters. The highest BCUT2D eigenvalue weighted by atomic mass is 35.5. The molecular weight excluding hydrogens is 264 g/mol. The highest BCUT2D eigenvalue weighted by molar-refractivity contribution is 7.90. The van der Waals surface area contributed by atoms with Gasteiger partial charge in [-0.25, -0.2) is 8.42 Å². The van der Waals surface area contributed by atoms with Gasteiger partial charge in [0.15, 0.2) is 9.84 Å². The molecule has 0 aliphatic rings. The van der Waals surface area contributed by atoms with Gasteiger partial charge < -0.3 is 11.1 Å². The molecule has 5 nitrogen and oxygen atoms in total. The van der Waals surface area contributed by atoms with Gasteiger partial charge in [0.25, 0.3) is 0 Å². The summed E-state index contributed by atoms with van der Waals surface area (Å²) < 4.78 is 22.5. The van der Waals surface area contributed by atoms with E-state index in [9.17, 15) is 13.2 Å². The Bertz CT molecular complexity index is 500. The number of carbonyl (C=O) groups excluding carboxylic acids is 1. The number of anilines is 1. The van der Waals surface area contributed by atoms with Crippen molar-refractivity contribution in [2.75, 3.05) is 11.6 Å². The number of hydrogen-bond donors (Lipinski definition) is 2. The average molecular weight is 279 g/mol. The van der Waals surface area contributed by atoms with Crippen LogP contribution in [0.15, 0.2) is 29.2 Å². The van der Waals surface area contributed by atoms with Crippen LogP contribution in [-0.2, 0) is 14.6 Å². The van der Waals surface area contributed by atoms with Crippen molar-refractivity contribution in [1.82, 2.24) is 0 Å². The summed E-state index contributed by atoms with van der Waals surface area (Å²) in [4.78, 5) is 11.4. The van der Waals surface area contributed by atoms with Crippen LogP contribution in [0.5, 0.6) is 0 Å². The Hall–Kier alpha value is -1.11. The lowest BCUT2D eigenvalue weighted by Crippen LogP contribution is -2.32. The third-order valence-electron chi connectivity index (χ3n) is 1.94. The number of rotatable bonds is 3. The van der Waals surface area contributed by atoms with E-state index in [4.69, 9.17) is 5.73 Å². The molecule has 3 N–H and O–H groups in total. The summed E-state index contributed by atoms with van der Waals surface area (Å²) in [5.74, 6) is -0.356. The molecule has 1 rings (SSSR count). The maximum absolute atomic E-state index is 11.3. The van der Waals surface area contributed by atoms with Crippen molar-refractivity contribution in [3.63, 3.8) is 0 Å². The predicted octanol–water partition coefficient (Wildman–Crippen LogP) is 0.798. The van der Waals surface area contributed by atoms with Crippen molar-refractivity contribution in [3.8, 4) is 0 Å². The van der Waals surface area contributed by atoms with Gasteiger partial charge in [0.05, 0.1) is 10.9 Å². The van der Waals surface area contributed by atoms with Crippen molar-refractivity contribution < 1.29 is 13.2 Å². The lowest BCUT2D eigenvalue weighted by molar-refractivity contribution is -0.117. The molecule has 1 unspecified atom stereocenters. The third kappa shape index (κ3) is 4.72. The topological polar surface area (TPSA) is 89.3 Å². The molecule has 0 aromatic heterocycles. The minimum atomic E-state index is -3.26. The van der Waals surface area contributed by atoms with Crippen LogP contribution in [0.4, 0.5) is 5.69 Å². The molecule has 0 radical (unpaired) electrons. The van der Waals surface area contributed by atoms with Crippen LogP contribution in [0.1, 0.15) is 6.92 Å². The third-order valence-corrected chi connectivity index (χ3v) is 3.05. The minimum Gasteiger partial charge on any atom is -0.325 e. The quantitative estimate of drug-likeness (QED) is 0.856. The maximum Gasteiger partial charge on any atom is 0.240 e. The van der Waals surface area contributed by atoms with Crippen LogP contribution in [0.2, 0.25) is 0 Å². The smallest absolute Gasteiger partial charge is 0.240 e. The molecule has 0 saturated heterocycles. The second-order valence-corrected chi connectivity index (χ2v) is 5.59. The zero-order valence-corrected chi connectivity index (χ0v) is 11.1. The Morgan fingerprint density at radius 1 is 1.41 bits per heavy atom. The van der Waals surface area contributed by atoms with Crippen LogP contribution in [0.3, 0.4) is 0 Å². The fourth-order valence-corrected chi connectivity index (χ4v) is 1.73. The summed E-state index contributed by atoms with van der Waals surface area (Å²) in [6.45, 7) is 1.55. The second kappa shape index (κ2) is 6.00. The Kier molecular flexibility index (Phi) is 5.60. The molecule has 1 aromatic rings. The first-order valence-electron chi connectivity index (χ1n) is 4.67. The number of sulfone groups is 1. The summed E-state index contributed by atoms with van der Waals surface area (Å²) in [5.41, 5.74) is 5.80. The van der Waals surface area contributed by atoms with Gasteiger partial charge >= 0.3 is 0 Å². The first kappa shape index (κ1) is 15.9. The number of carbonyl (C=O) groups is 1. The number of nitrogens with one attached hydrogen (secondary N) is 1. The van der Waals surface area contributed by atoms with Gasteiger partial charge in [-0.05, 0) is 25.1 Å². The zero-order chi connectivity index (χ0) is 12.3. The largest absolute Gasteiger partial charge is 0.325 e. The fraction of sp³-hybridized carbons (Fsp3) is 0.300. The number of benzene rings is 1. The van der Waals surface area contributed by atoms with Crippen molar-refractivity contribution in [2.24, 2.45) is 5.73 Å². The van der Waals surface area contributed by atoms with E-state index in [0.29, 0.717) is 5.69 Å². The Morgan fingerprint density at radius 3 is 2.47 bits per heavy atom. The molecule has 17 heavy (non-hydrogen) atoms. The zero-order valence-electron chi connectivity index (χ0n) is 9.51. The van der Waals surface area contributed by atoms with Gasteiger partial charge in [0.1, 0.15) is 0 Å². The van der Waals surface area contributed by atoms with E-state index in [1.54, 1.807) is 19.1 Å². The summed E-state index contributed by atoms with van der Waals surface area (Å²) >= 11 is 0. The van der Waals surface area contributed by atoms with Gasteiger partial charge in [-0.1, -0.05) is 6.07 Å². The van der Waals surface area contributed by atoms with Crippen molar-refractivity contribution in [2.45, 2.75) is 17.9 Å². The molecular formula is C10H15ClN2O3S. The normalized spacial score (nSPS) is 12.4. The van der Waals surface area contributed by atoms with E-state index >= 15 is 0 Å². The summed E-state index contributed by atoms with van der Waals surface area (Å²) in [5, 5.41) is 2.53. The van der Waals surface area contributed by atoms with Gasteiger partial charge in [-0.3, -0.25) is 4.79 Å². The monoisotopic (exact) mass is 278 g/mol. The van der Waals surface area contributed by atoms with Gasteiger partial charge in [0.2, 0.25) is 5.91 Å². The summed E-state index contributed by atoms with van der Waals surface area (Å²) in [6.07, 6.45) is 1.11. The van der Waals surface area contributed by atoms with E-state index in [2.05, 4.69) is 5.32 Å². The molecule has 0 bridgehead atoms. The standard InChI is InChI=1S/C10H14N2O3S.ClH/c1-7(11)10(13)12-8-4-3-5-9(6-8)16(2,14)15;/h3-7H,11H2,1-2H3,(H,12,13);1H. The van der Waals surface area contributed by atoms with Crippen LogP contribution in [0, 0.1) is 0 Å². The van der Waals surface area contributed by atoms with Crippen molar-refractivity contribution >= 4 is 33.8 Å². The van der Waals surface area contributed by atoms with Gasteiger partial charge in [0, 0.05) is 11.9 Å². The molecule has 0 aliphatic carbocycles. The first-order chi connectivity index (χ1) is 7.30. The van der Waals surface area contributed by atoms with E-state index in [1.165, 1.54) is 12.1 Å². The Balaban J connectivity index is 0.00000256. The van der Waals surface area contributed by atoms with Crippen LogP contribution < -0.4 is 11.1 Å². The van der Waals surface area contributed by atoms with Gasteiger partial charge in [-0.15, -0.1) is 12.4 Å². The van der Waals surface area contributed by atoms with Gasteiger partial charge in [-0.2, -0.15) is 0 Å². The SMILES string of the molecule is CC(N)C(=O)Nc1cccc(S(C)(=O)=O)c1.Cl. The number of amides is 1. The van der Waals surface area contributed by atoms with E-state index in [0.717, 1.165) is 6.26 Å². The number of halogens is 1. The molecule has 96 valence electrons. The van der Waals surface area contributed by atoms with E-state index in [-0.39, 0.29) is 23.2 Å². The van der Waals surface area contributed by atoms with E-state index < -0.39 is 15.9 Å². The van der Waals surface area contributed by atoms with Crippen LogP contribution in [-0.4, -0.2) is 26.6 Å². The summed E-state index contributed by atoms with van der Waals surface area (Å²) in [7, 11) is -3.26. The fourth-order valence-electron chi connectivity index (χ4n) is 1.06. The van der Waals surface area contributed by atoms with E-state index in [1.807, 2.05) is 0 Å². The first-order valence-corrected chi connectivity index (χ1v) is 6.56. The average Bonchev–Trinajstić information content (AvgIpc) is 2.16. The molecule has 0 spiro atoms. The maximum atomic E-state index is 11.3. The second-order valence-electron chi connectivity index (χ2n) is 3.58. The molecule has 0 aliphatic heterocycles. The van der Waals surface area contributed by atoms with Crippen LogP contribution in [0.25, 0.3) is 0 Å². The predicted molar refractivity (Wildman–Crippen MR) is 69.1 cm³/mol. The molecule has 0 saturated carbocycles. The Morgan fingerprint density at radius 2 is 2.00 bits per heavy atom. The summed E-state index contributed by atoms with van der Waals surface area (Å²) in [6, 6.07) is 5.40. The van der Waals surface area contributed by atoms with Crippen molar-refractivity contribution in [1.29, 1.82) is 0 Å². The lowest BCUT2D eigenvalue weighted by atomic mass is 10.3. The van der Waals surface area contributed by atoms with Crippen molar-refractivity contribution in [3.05, 3.63) is 24.3 Å². The lowest BCUT2D eigenvalue weighted by Gasteiger charge is -2.08. The molecule has 0 heterocycles. The molecule has 1 amide bonds. The number of hydrogen-bond acceptors (Lipinski definition) is 4. The highest BCUT2D eigenvalue weighted by Crippen LogP contribution is 2.15. The molecule has 1 aromatic carbocycles. The Labute approximate surface area is 107 Å². The molecule has 7 heteroatoms. The highest BCUT2D eigenvalue weighted by Gasteiger charge is 2.10. The van der Waals surface area contributed by atoms with Crippen LogP contribution >= 0.6 is 12.4 Å².